The Morgan fingerprint density at radius 2 is 1.68 bits per heavy atom. The Bertz CT molecular complexity index is 871. The zero-order chi connectivity index (χ0) is 27.9. The minimum atomic E-state index is -0.697. The zero-order valence-electron chi connectivity index (χ0n) is 22.9. The molecule has 0 spiro atoms. The Balaban J connectivity index is 2.30. The van der Waals surface area contributed by atoms with Crippen LogP contribution >= 0.6 is 0 Å². The molecule has 11 heteroatoms. The van der Waals surface area contributed by atoms with Gasteiger partial charge in [-0.25, -0.2) is 4.79 Å². The number of benzene rings is 1. The summed E-state index contributed by atoms with van der Waals surface area (Å²) >= 11 is 0. The van der Waals surface area contributed by atoms with E-state index in [2.05, 4.69) is 0 Å². The van der Waals surface area contributed by atoms with Gasteiger partial charge in [0.1, 0.15) is 0 Å². The van der Waals surface area contributed by atoms with E-state index >= 15 is 0 Å². The first-order valence-corrected chi connectivity index (χ1v) is 12.7. The van der Waals surface area contributed by atoms with Crippen molar-refractivity contribution < 1.29 is 47.9 Å². The minimum Gasteiger partial charge on any atom is -0.465 e. The molecule has 38 heavy (non-hydrogen) atoms. The Labute approximate surface area is 224 Å². The maximum Gasteiger partial charge on any atom is 0.337 e. The molecule has 11 nitrogen and oxygen atoms in total. The van der Waals surface area contributed by atoms with Crippen molar-refractivity contribution in [1.29, 1.82) is 0 Å². The number of esters is 1. The van der Waals surface area contributed by atoms with E-state index in [9.17, 15) is 9.59 Å². The first-order valence-electron chi connectivity index (χ1n) is 12.7. The summed E-state index contributed by atoms with van der Waals surface area (Å²) in [5.41, 5.74) is 1.32. The maximum atomic E-state index is 13.3. The van der Waals surface area contributed by atoms with E-state index < -0.39 is 18.5 Å². The highest BCUT2D eigenvalue weighted by Crippen LogP contribution is 2.39. The second-order valence-corrected chi connectivity index (χ2v) is 8.60. The van der Waals surface area contributed by atoms with E-state index in [1.807, 2.05) is 19.1 Å². The van der Waals surface area contributed by atoms with Crippen LogP contribution in [-0.4, -0.2) is 109 Å². The summed E-state index contributed by atoms with van der Waals surface area (Å²) < 4.78 is 38.3. The van der Waals surface area contributed by atoms with Gasteiger partial charge in [-0.1, -0.05) is 12.1 Å². The number of carbonyl (C=O) groups excluding carboxylic acids is 2. The summed E-state index contributed by atoms with van der Waals surface area (Å²) in [5, 5.41) is 8.82. The minimum absolute atomic E-state index is 0.0356. The lowest BCUT2D eigenvalue weighted by Gasteiger charge is -2.38. The molecule has 3 atom stereocenters. The molecule has 1 N–H and O–H groups in total. The fourth-order valence-electron chi connectivity index (χ4n) is 4.12. The number of hydrogen-bond acceptors (Lipinski definition) is 10. The Morgan fingerprint density at radius 1 is 1.03 bits per heavy atom. The summed E-state index contributed by atoms with van der Waals surface area (Å²) in [7, 11) is 5.99. The highest BCUT2D eigenvalue weighted by Gasteiger charge is 2.39. The summed E-state index contributed by atoms with van der Waals surface area (Å²) in [6, 6.07) is 7.08. The highest BCUT2D eigenvalue weighted by atomic mass is 16.7. The molecule has 1 heterocycles. The predicted molar refractivity (Wildman–Crippen MR) is 137 cm³/mol. The third-order valence-corrected chi connectivity index (χ3v) is 6.14. The number of ether oxygens (including phenoxy) is 7. The monoisotopic (exact) mass is 539 g/mol. The molecule has 214 valence electrons. The molecule has 1 aromatic rings. The van der Waals surface area contributed by atoms with Crippen LogP contribution < -0.4 is 0 Å². The lowest BCUT2D eigenvalue weighted by atomic mass is 9.81. The smallest absolute Gasteiger partial charge is 0.337 e. The topological polar surface area (TPSA) is 122 Å². The molecule has 0 unspecified atom stereocenters. The molecule has 0 saturated heterocycles. The van der Waals surface area contributed by atoms with Gasteiger partial charge in [0.2, 0.25) is 6.29 Å². The van der Waals surface area contributed by atoms with Crippen LogP contribution in [0.3, 0.4) is 0 Å². The van der Waals surface area contributed by atoms with Crippen molar-refractivity contribution in [2.75, 3.05) is 74.6 Å². The van der Waals surface area contributed by atoms with Gasteiger partial charge in [-0.05, 0) is 37.1 Å². The molecule has 2 rings (SSSR count). The fraction of sp³-hybridized carbons (Fsp3) is 0.630. The van der Waals surface area contributed by atoms with Crippen molar-refractivity contribution in [3.63, 3.8) is 0 Å². The van der Waals surface area contributed by atoms with Crippen molar-refractivity contribution >= 4 is 11.9 Å². The van der Waals surface area contributed by atoms with Gasteiger partial charge in [-0.15, -0.1) is 0 Å². The Hall–Kier alpha value is -2.54. The second kappa shape index (κ2) is 17.1. The summed E-state index contributed by atoms with van der Waals surface area (Å²) in [5.74, 6) is -1.03. The van der Waals surface area contributed by atoms with Gasteiger partial charge in [-0.3, -0.25) is 4.79 Å². The van der Waals surface area contributed by atoms with Gasteiger partial charge < -0.3 is 43.2 Å². The molecule has 1 amide bonds. The third-order valence-electron chi connectivity index (χ3n) is 6.14. The number of amides is 1. The van der Waals surface area contributed by atoms with Crippen LogP contribution in [0, 0.1) is 5.92 Å². The molecule has 0 radical (unpaired) electrons. The molecular weight excluding hydrogens is 498 g/mol. The van der Waals surface area contributed by atoms with Crippen LogP contribution in [0.5, 0.6) is 0 Å². The van der Waals surface area contributed by atoms with Gasteiger partial charge in [0.15, 0.2) is 12.0 Å². The van der Waals surface area contributed by atoms with Crippen LogP contribution in [0.25, 0.3) is 0 Å². The number of aliphatic hydroxyl groups is 1. The maximum absolute atomic E-state index is 13.3. The van der Waals surface area contributed by atoms with Gasteiger partial charge >= 0.3 is 5.97 Å². The second-order valence-electron chi connectivity index (χ2n) is 8.60. The van der Waals surface area contributed by atoms with Crippen LogP contribution in [0.15, 0.2) is 36.1 Å². The van der Waals surface area contributed by atoms with Gasteiger partial charge in [0.25, 0.3) is 5.91 Å². The third kappa shape index (κ3) is 9.33. The lowest BCUT2D eigenvalue weighted by Crippen LogP contribution is -2.42. The summed E-state index contributed by atoms with van der Waals surface area (Å²) in [4.78, 5) is 26.7. The van der Waals surface area contributed by atoms with Crippen LogP contribution in [0.4, 0.5) is 0 Å². The molecule has 0 bridgehead atoms. The fourth-order valence-corrected chi connectivity index (χ4v) is 4.12. The van der Waals surface area contributed by atoms with Crippen molar-refractivity contribution in [1.82, 2.24) is 4.90 Å². The molecule has 0 saturated carbocycles. The largest absolute Gasteiger partial charge is 0.465 e. The normalized spacial score (nSPS) is 19.1. The molecule has 0 aliphatic carbocycles. The highest BCUT2D eigenvalue weighted by molar-refractivity contribution is 5.91. The van der Waals surface area contributed by atoms with Gasteiger partial charge in [0, 0.05) is 46.3 Å². The predicted octanol–water partition coefficient (Wildman–Crippen LogP) is 1.94. The van der Waals surface area contributed by atoms with E-state index in [-0.39, 0.29) is 43.3 Å². The molecule has 1 aliphatic heterocycles. The zero-order valence-corrected chi connectivity index (χ0v) is 22.9. The van der Waals surface area contributed by atoms with E-state index in [1.165, 1.54) is 26.2 Å². The first-order chi connectivity index (χ1) is 18.4. The van der Waals surface area contributed by atoms with Crippen molar-refractivity contribution in [3.05, 3.63) is 47.2 Å². The average Bonchev–Trinajstić information content (AvgIpc) is 2.95. The van der Waals surface area contributed by atoms with Crippen molar-refractivity contribution in [3.8, 4) is 0 Å². The van der Waals surface area contributed by atoms with Gasteiger partial charge in [0.05, 0.1) is 45.6 Å². The number of carbonyl (C=O) groups is 2. The van der Waals surface area contributed by atoms with E-state index in [0.29, 0.717) is 38.4 Å². The Kier molecular flexibility index (Phi) is 14.3. The number of aliphatic hydroxyl groups excluding tert-OH is 1. The van der Waals surface area contributed by atoms with Crippen LogP contribution in [0.1, 0.15) is 35.2 Å². The quantitative estimate of drug-likeness (QED) is 0.179. The van der Waals surface area contributed by atoms with Crippen molar-refractivity contribution in [2.45, 2.75) is 31.8 Å². The van der Waals surface area contributed by atoms with Crippen molar-refractivity contribution in [2.24, 2.45) is 5.92 Å². The molecule has 0 fully saturated rings. The SMILES string of the molecule is CCO[C@H]1OC(C(=O)N(C)CC(OC)OC)=C[C@@H](c2ccc(C(=O)OC)cc2)[C@H]1CCOCCOCCO. The van der Waals surface area contributed by atoms with E-state index in [4.69, 9.17) is 38.3 Å². The number of methoxy groups -OCH3 is 3. The van der Waals surface area contributed by atoms with E-state index in [0.717, 1.165) is 5.56 Å². The Morgan fingerprint density at radius 3 is 2.26 bits per heavy atom. The summed E-state index contributed by atoms with van der Waals surface area (Å²) in [6.45, 7) is 3.87. The molecule has 1 aromatic carbocycles. The summed E-state index contributed by atoms with van der Waals surface area (Å²) in [6.07, 6.45) is 1.10. The average molecular weight is 540 g/mol. The number of nitrogens with zero attached hydrogens (tertiary/aromatic N) is 1. The number of hydrogen-bond donors (Lipinski definition) is 1. The first kappa shape index (κ1) is 31.7. The number of allylic oxidation sites excluding steroid dienone is 1. The molecule has 1 aliphatic rings. The number of likely N-dealkylation sites (N-methyl/N-ethyl adjacent to an activating group) is 1. The molecule has 0 aromatic heterocycles. The van der Waals surface area contributed by atoms with E-state index in [1.54, 1.807) is 25.3 Å². The standard InChI is InChI=1S/C27H41NO10/c1-6-37-27-21(11-13-35-15-16-36-14-12-29)22(19-7-9-20(10-8-19)26(31)34-5)17-23(38-27)25(30)28(2)18-24(32-3)33-4/h7-10,17,21-22,24,27,29H,6,11-16,18H2,1-5H3/t21-,22+,27+/m1/s1. The van der Waals surface area contributed by atoms with Crippen LogP contribution in [-0.2, 0) is 38.0 Å². The lowest BCUT2D eigenvalue weighted by molar-refractivity contribution is -0.174. The molecular formula is C27H41NO10. The van der Waals surface area contributed by atoms with Gasteiger partial charge in [-0.2, -0.15) is 0 Å². The number of rotatable bonds is 17. The van der Waals surface area contributed by atoms with Crippen LogP contribution in [0.2, 0.25) is 0 Å².